The van der Waals surface area contributed by atoms with Crippen molar-refractivity contribution in [1.82, 2.24) is 19.1 Å². The number of nitrogens with one attached hydrogen (secondary N) is 1. The summed E-state index contributed by atoms with van der Waals surface area (Å²) >= 11 is 0. The van der Waals surface area contributed by atoms with Crippen LogP contribution >= 0.6 is 0 Å². The molecule has 10 nitrogen and oxygen atoms in total. The molecule has 0 saturated carbocycles. The minimum atomic E-state index is -2.96. The first kappa shape index (κ1) is 27.2. The van der Waals surface area contributed by atoms with Crippen molar-refractivity contribution >= 4 is 11.9 Å². The van der Waals surface area contributed by atoms with Crippen molar-refractivity contribution in [3.05, 3.63) is 115 Å². The highest BCUT2D eigenvalue weighted by atomic mass is 19.3. The van der Waals surface area contributed by atoms with Crippen molar-refractivity contribution in [2.24, 2.45) is 5.73 Å². The van der Waals surface area contributed by atoms with Gasteiger partial charge in [0.25, 0.3) is 0 Å². The lowest BCUT2D eigenvalue weighted by atomic mass is 10.1. The number of anilines is 1. The van der Waals surface area contributed by atoms with Crippen molar-refractivity contribution in [3.8, 4) is 5.75 Å². The summed E-state index contributed by atoms with van der Waals surface area (Å²) in [6, 6.07) is 13.9. The monoisotopic (exact) mass is 536 g/mol. The first-order valence-corrected chi connectivity index (χ1v) is 11.9. The summed E-state index contributed by atoms with van der Waals surface area (Å²) in [5.41, 5.74) is 8.04. The number of carbonyl (C=O) groups is 1. The fourth-order valence-corrected chi connectivity index (χ4v) is 3.94. The van der Waals surface area contributed by atoms with Crippen molar-refractivity contribution in [2.75, 3.05) is 5.32 Å². The Hall–Kier alpha value is -4.87. The van der Waals surface area contributed by atoms with E-state index in [1.807, 2.05) is 19.9 Å². The van der Waals surface area contributed by atoms with Crippen molar-refractivity contribution in [3.63, 3.8) is 0 Å². The average molecular weight is 537 g/mol. The molecule has 0 aliphatic carbocycles. The topological polar surface area (TPSA) is 134 Å². The van der Waals surface area contributed by atoms with Crippen LogP contribution in [0.2, 0.25) is 0 Å². The second kappa shape index (κ2) is 11.7. The Bertz CT molecular complexity index is 1600. The molecule has 202 valence electrons. The van der Waals surface area contributed by atoms with Gasteiger partial charge in [-0.3, -0.25) is 14.3 Å². The molecule has 4 rings (SSSR count). The number of aryl methyl sites for hydroxylation is 2. The Morgan fingerprint density at radius 1 is 1.00 bits per heavy atom. The van der Waals surface area contributed by atoms with Gasteiger partial charge in [0.2, 0.25) is 11.9 Å². The van der Waals surface area contributed by atoms with Gasteiger partial charge in [-0.25, -0.2) is 14.2 Å². The number of alkyl halides is 2. The van der Waals surface area contributed by atoms with Gasteiger partial charge < -0.3 is 15.8 Å². The van der Waals surface area contributed by atoms with Gasteiger partial charge in [-0.05, 0) is 66.4 Å². The molecule has 0 fully saturated rings. The van der Waals surface area contributed by atoms with Crippen LogP contribution in [0.3, 0.4) is 0 Å². The number of carbonyl (C=O) groups excluding carboxylic acids is 1. The van der Waals surface area contributed by atoms with Crippen LogP contribution in [0.1, 0.15) is 38.3 Å². The fourth-order valence-electron chi connectivity index (χ4n) is 3.94. The minimum absolute atomic E-state index is 0.00481. The summed E-state index contributed by atoms with van der Waals surface area (Å²) in [4.78, 5) is 46.3. The highest BCUT2D eigenvalue weighted by Crippen LogP contribution is 2.17. The molecule has 0 unspecified atom stereocenters. The van der Waals surface area contributed by atoms with Gasteiger partial charge in [0, 0.05) is 24.0 Å². The summed E-state index contributed by atoms with van der Waals surface area (Å²) in [7, 11) is 0. The Morgan fingerprint density at radius 2 is 1.62 bits per heavy atom. The van der Waals surface area contributed by atoms with E-state index in [4.69, 9.17) is 5.73 Å². The van der Waals surface area contributed by atoms with Crippen molar-refractivity contribution in [1.29, 1.82) is 0 Å². The van der Waals surface area contributed by atoms with Gasteiger partial charge in [0.15, 0.2) is 0 Å². The Morgan fingerprint density at radius 3 is 2.21 bits per heavy atom. The summed E-state index contributed by atoms with van der Waals surface area (Å²) < 4.78 is 31.7. The lowest BCUT2D eigenvalue weighted by molar-refractivity contribution is -0.0498. The van der Waals surface area contributed by atoms with Gasteiger partial charge in [0.05, 0.1) is 13.1 Å². The van der Waals surface area contributed by atoms with E-state index in [2.05, 4.69) is 20.0 Å². The van der Waals surface area contributed by atoms with Crippen LogP contribution in [0, 0.1) is 13.8 Å². The average Bonchev–Trinajstić information content (AvgIpc) is 2.89. The van der Waals surface area contributed by atoms with E-state index in [0.29, 0.717) is 16.7 Å². The molecule has 12 heteroatoms. The molecular formula is C27H26F2N6O4. The number of primary amides is 1. The van der Waals surface area contributed by atoms with Crippen LogP contribution in [0.4, 0.5) is 14.7 Å². The van der Waals surface area contributed by atoms with E-state index >= 15 is 0 Å². The van der Waals surface area contributed by atoms with Crippen LogP contribution < -0.4 is 27.2 Å². The van der Waals surface area contributed by atoms with E-state index in [9.17, 15) is 23.2 Å². The molecule has 0 spiro atoms. The maximum atomic E-state index is 13.6. The molecule has 0 saturated heterocycles. The molecule has 4 aromatic rings. The Labute approximate surface area is 221 Å². The van der Waals surface area contributed by atoms with Crippen LogP contribution in [0.15, 0.2) is 70.4 Å². The highest BCUT2D eigenvalue weighted by molar-refractivity contribution is 5.92. The van der Waals surface area contributed by atoms with Crippen molar-refractivity contribution in [2.45, 2.75) is 40.1 Å². The molecule has 0 bridgehead atoms. The zero-order valence-corrected chi connectivity index (χ0v) is 21.2. The zero-order chi connectivity index (χ0) is 28.1. The van der Waals surface area contributed by atoms with E-state index in [1.165, 1.54) is 28.8 Å². The second-order valence-electron chi connectivity index (χ2n) is 8.86. The predicted molar refractivity (Wildman–Crippen MR) is 140 cm³/mol. The molecule has 1 amide bonds. The van der Waals surface area contributed by atoms with Crippen LogP contribution in [0.5, 0.6) is 5.75 Å². The number of hydrogen-bond acceptors (Lipinski definition) is 7. The lowest BCUT2D eigenvalue weighted by Gasteiger charge is -2.16. The quantitative estimate of drug-likeness (QED) is 0.318. The first-order valence-electron chi connectivity index (χ1n) is 11.9. The number of nitrogens with two attached hydrogens (primary N) is 1. The molecule has 0 atom stereocenters. The number of hydrogen-bond donors (Lipinski definition) is 2. The molecule has 2 aromatic heterocycles. The SMILES string of the molecule is Cc1cc(C)c(CNc2nc(=O)n(Cc3ccc(C(N)=O)cc3)c(=O)n2Cc2ccc(OC(F)F)cc2)cn1. The summed E-state index contributed by atoms with van der Waals surface area (Å²) in [5.74, 6) is -0.579. The van der Waals surface area contributed by atoms with E-state index < -0.39 is 23.9 Å². The van der Waals surface area contributed by atoms with Gasteiger partial charge in [-0.15, -0.1) is 0 Å². The highest BCUT2D eigenvalue weighted by Gasteiger charge is 2.15. The lowest BCUT2D eigenvalue weighted by Crippen LogP contribution is -2.43. The maximum absolute atomic E-state index is 13.6. The molecule has 2 aromatic carbocycles. The van der Waals surface area contributed by atoms with Crippen LogP contribution in [-0.4, -0.2) is 31.6 Å². The maximum Gasteiger partial charge on any atom is 0.387 e. The molecule has 0 aliphatic rings. The fraction of sp³-hybridized carbons (Fsp3) is 0.222. The predicted octanol–water partition coefficient (Wildman–Crippen LogP) is 2.83. The van der Waals surface area contributed by atoms with E-state index in [-0.39, 0.29) is 31.3 Å². The Kier molecular flexibility index (Phi) is 8.13. The smallest absolute Gasteiger partial charge is 0.387 e. The standard InChI is InChI=1S/C27H26F2N6O4/c1-16-11-17(2)31-12-21(16)13-32-25-33-26(37)35(15-18-3-7-20(8-4-18)23(30)36)27(38)34(25)14-19-5-9-22(10-6-19)39-24(28)29/h3-12,24H,13-15H2,1-2H3,(H2,30,36)(H,32,33,37). The van der Waals surface area contributed by atoms with E-state index in [0.717, 1.165) is 21.4 Å². The second-order valence-corrected chi connectivity index (χ2v) is 8.86. The number of halogens is 2. The normalized spacial score (nSPS) is 11.0. The summed E-state index contributed by atoms with van der Waals surface area (Å²) in [6.45, 7) is 1.00. The van der Waals surface area contributed by atoms with Gasteiger partial charge in [0.1, 0.15) is 5.75 Å². The minimum Gasteiger partial charge on any atom is -0.435 e. The van der Waals surface area contributed by atoms with Gasteiger partial charge in [-0.2, -0.15) is 13.8 Å². The van der Waals surface area contributed by atoms with E-state index in [1.54, 1.807) is 30.5 Å². The number of nitrogens with zero attached hydrogens (tertiary/aromatic N) is 4. The van der Waals surface area contributed by atoms with Gasteiger partial charge >= 0.3 is 18.0 Å². The molecule has 0 radical (unpaired) electrons. The number of benzene rings is 2. The summed E-state index contributed by atoms with van der Waals surface area (Å²) in [6.07, 6.45) is 1.71. The summed E-state index contributed by atoms with van der Waals surface area (Å²) in [5, 5.41) is 3.06. The number of rotatable bonds is 10. The Balaban J connectivity index is 1.69. The number of pyridine rings is 1. The first-order chi connectivity index (χ1) is 18.6. The molecule has 39 heavy (non-hydrogen) atoms. The number of amides is 1. The molecule has 2 heterocycles. The third-order valence-corrected chi connectivity index (χ3v) is 6.01. The van der Waals surface area contributed by atoms with Crippen LogP contribution in [0.25, 0.3) is 0 Å². The third-order valence-electron chi connectivity index (χ3n) is 6.01. The number of aromatic nitrogens is 4. The number of ether oxygens (including phenoxy) is 1. The molecular weight excluding hydrogens is 510 g/mol. The van der Waals surface area contributed by atoms with Crippen LogP contribution in [-0.2, 0) is 19.6 Å². The zero-order valence-electron chi connectivity index (χ0n) is 21.2. The molecule has 3 N–H and O–H groups in total. The van der Waals surface area contributed by atoms with Crippen molar-refractivity contribution < 1.29 is 18.3 Å². The largest absolute Gasteiger partial charge is 0.435 e. The van der Waals surface area contributed by atoms with Gasteiger partial charge in [-0.1, -0.05) is 24.3 Å². The third kappa shape index (κ3) is 6.72. The molecule has 0 aliphatic heterocycles.